The molecule has 0 spiro atoms. The van der Waals surface area contributed by atoms with E-state index in [2.05, 4.69) is 5.32 Å². The van der Waals surface area contributed by atoms with Gasteiger partial charge in [-0.25, -0.2) is 0 Å². The minimum atomic E-state index is -0.235. The zero-order valence-electron chi connectivity index (χ0n) is 14.0. The summed E-state index contributed by atoms with van der Waals surface area (Å²) in [6, 6.07) is 14.9. The highest BCUT2D eigenvalue weighted by molar-refractivity contribution is 6.39. The maximum absolute atomic E-state index is 12.2. The molecule has 1 N–H and O–H groups in total. The molecule has 2 amide bonds. The van der Waals surface area contributed by atoms with Gasteiger partial charge in [-0.15, -0.1) is 0 Å². The van der Waals surface area contributed by atoms with Crippen molar-refractivity contribution < 1.29 is 9.59 Å². The average Bonchev–Trinajstić information content (AvgIpc) is 2.59. The standard InChI is InChI=1S/C19H20Cl2N2O2/c1-14(24)23(12-10-15-6-3-2-4-7-15)13-11-18(25)22-19-16(20)8-5-9-17(19)21/h2-9H,10-13H2,1H3,(H,22,25). The van der Waals surface area contributed by atoms with Crippen LogP contribution in [-0.2, 0) is 16.0 Å². The molecule has 0 aliphatic heterocycles. The van der Waals surface area contributed by atoms with Crippen LogP contribution in [0.5, 0.6) is 0 Å². The van der Waals surface area contributed by atoms with Gasteiger partial charge in [0.2, 0.25) is 11.8 Å². The molecule has 0 radical (unpaired) electrons. The van der Waals surface area contributed by atoms with Crippen LogP contribution in [0.25, 0.3) is 0 Å². The van der Waals surface area contributed by atoms with Crippen LogP contribution in [0.4, 0.5) is 5.69 Å². The van der Waals surface area contributed by atoms with Crippen molar-refractivity contribution in [1.29, 1.82) is 0 Å². The fourth-order valence-corrected chi connectivity index (χ4v) is 2.88. The number of benzene rings is 2. The largest absolute Gasteiger partial charge is 0.342 e. The maximum atomic E-state index is 12.2. The van der Waals surface area contributed by atoms with E-state index >= 15 is 0 Å². The third-order valence-corrected chi connectivity index (χ3v) is 4.42. The van der Waals surface area contributed by atoms with Gasteiger partial charge in [0, 0.05) is 26.4 Å². The molecule has 0 unspecified atom stereocenters. The Morgan fingerprint density at radius 2 is 1.60 bits per heavy atom. The van der Waals surface area contributed by atoms with Gasteiger partial charge in [0.15, 0.2) is 0 Å². The number of halogens is 2. The summed E-state index contributed by atoms with van der Waals surface area (Å²) in [4.78, 5) is 25.6. The van der Waals surface area contributed by atoms with Gasteiger partial charge < -0.3 is 10.2 Å². The molecular weight excluding hydrogens is 359 g/mol. The molecule has 6 heteroatoms. The summed E-state index contributed by atoms with van der Waals surface area (Å²) in [5, 5.41) is 3.47. The van der Waals surface area contributed by atoms with Crippen LogP contribution >= 0.6 is 23.2 Å². The van der Waals surface area contributed by atoms with E-state index in [0.717, 1.165) is 12.0 Å². The summed E-state index contributed by atoms with van der Waals surface area (Å²) < 4.78 is 0. The highest BCUT2D eigenvalue weighted by atomic mass is 35.5. The second kappa shape index (κ2) is 9.44. The van der Waals surface area contributed by atoms with E-state index < -0.39 is 0 Å². The number of carbonyl (C=O) groups excluding carboxylic acids is 2. The molecule has 132 valence electrons. The van der Waals surface area contributed by atoms with Gasteiger partial charge in [0.25, 0.3) is 0 Å². The lowest BCUT2D eigenvalue weighted by atomic mass is 10.1. The van der Waals surface area contributed by atoms with E-state index in [1.807, 2.05) is 30.3 Å². The van der Waals surface area contributed by atoms with Crippen LogP contribution in [0.3, 0.4) is 0 Å². The summed E-state index contributed by atoms with van der Waals surface area (Å²) in [6.45, 7) is 2.42. The Morgan fingerprint density at radius 1 is 0.960 bits per heavy atom. The molecule has 2 aromatic carbocycles. The van der Waals surface area contributed by atoms with Crippen molar-refractivity contribution in [1.82, 2.24) is 4.90 Å². The summed E-state index contributed by atoms with van der Waals surface area (Å²) in [6.07, 6.45) is 0.925. The molecule has 0 atom stereocenters. The van der Waals surface area contributed by atoms with Crippen molar-refractivity contribution in [3.05, 3.63) is 64.1 Å². The van der Waals surface area contributed by atoms with Gasteiger partial charge in [-0.05, 0) is 24.1 Å². The molecule has 0 saturated heterocycles. The third kappa shape index (κ3) is 6.07. The van der Waals surface area contributed by atoms with Gasteiger partial charge in [0.05, 0.1) is 15.7 Å². The number of hydrogen-bond donors (Lipinski definition) is 1. The number of hydrogen-bond acceptors (Lipinski definition) is 2. The molecule has 2 aromatic rings. The predicted octanol–water partition coefficient (Wildman–Crippen LogP) is 4.41. The highest BCUT2D eigenvalue weighted by Crippen LogP contribution is 2.29. The van der Waals surface area contributed by atoms with Crippen LogP contribution < -0.4 is 5.32 Å². The van der Waals surface area contributed by atoms with E-state index in [1.54, 1.807) is 23.1 Å². The van der Waals surface area contributed by atoms with Crippen molar-refractivity contribution >= 4 is 40.7 Å². The van der Waals surface area contributed by atoms with E-state index in [1.165, 1.54) is 6.92 Å². The number of carbonyl (C=O) groups is 2. The topological polar surface area (TPSA) is 49.4 Å². The molecule has 0 aliphatic carbocycles. The minimum Gasteiger partial charge on any atom is -0.342 e. The molecule has 0 aliphatic rings. The molecule has 0 bridgehead atoms. The first-order valence-corrected chi connectivity index (χ1v) is 8.76. The number of amides is 2. The summed E-state index contributed by atoms with van der Waals surface area (Å²) >= 11 is 12.1. The fraction of sp³-hybridized carbons (Fsp3) is 0.263. The summed E-state index contributed by atoms with van der Waals surface area (Å²) in [7, 11) is 0. The zero-order chi connectivity index (χ0) is 18.2. The zero-order valence-corrected chi connectivity index (χ0v) is 15.5. The molecule has 0 aromatic heterocycles. The third-order valence-electron chi connectivity index (χ3n) is 3.79. The lowest BCUT2D eigenvalue weighted by Gasteiger charge is -2.21. The number of para-hydroxylation sites is 1. The Morgan fingerprint density at radius 3 is 2.20 bits per heavy atom. The van der Waals surface area contributed by atoms with Crippen molar-refractivity contribution in [3.8, 4) is 0 Å². The summed E-state index contributed by atoms with van der Waals surface area (Å²) in [5.74, 6) is -0.291. The Labute approximate surface area is 157 Å². The van der Waals surface area contributed by atoms with Gasteiger partial charge in [-0.1, -0.05) is 59.6 Å². The Balaban J connectivity index is 1.88. The highest BCUT2D eigenvalue weighted by Gasteiger charge is 2.13. The van der Waals surface area contributed by atoms with E-state index in [0.29, 0.717) is 28.8 Å². The summed E-state index contributed by atoms with van der Waals surface area (Å²) in [5.41, 5.74) is 1.55. The first kappa shape index (κ1) is 19.3. The monoisotopic (exact) mass is 378 g/mol. The van der Waals surface area contributed by atoms with Crippen LogP contribution in [0.15, 0.2) is 48.5 Å². The lowest BCUT2D eigenvalue weighted by Crippen LogP contribution is -2.33. The fourth-order valence-electron chi connectivity index (χ4n) is 2.39. The lowest BCUT2D eigenvalue weighted by molar-refractivity contribution is -0.129. The number of nitrogens with one attached hydrogen (secondary N) is 1. The van der Waals surface area contributed by atoms with Crippen LogP contribution in [0.1, 0.15) is 18.9 Å². The van der Waals surface area contributed by atoms with E-state index in [4.69, 9.17) is 23.2 Å². The molecule has 0 saturated carbocycles. The Kier molecular flexibility index (Phi) is 7.29. The Bertz CT molecular complexity index is 715. The smallest absolute Gasteiger partial charge is 0.226 e. The number of anilines is 1. The quantitative estimate of drug-likeness (QED) is 0.775. The second-order valence-electron chi connectivity index (χ2n) is 5.64. The van der Waals surface area contributed by atoms with Crippen LogP contribution in [0, 0.1) is 0 Å². The average molecular weight is 379 g/mol. The molecule has 25 heavy (non-hydrogen) atoms. The van der Waals surface area contributed by atoms with Gasteiger partial charge in [0.1, 0.15) is 0 Å². The normalized spacial score (nSPS) is 10.4. The molecule has 4 nitrogen and oxygen atoms in total. The van der Waals surface area contributed by atoms with Crippen molar-refractivity contribution in [2.45, 2.75) is 19.8 Å². The molecule has 2 rings (SSSR count). The Hall–Kier alpha value is -2.04. The predicted molar refractivity (Wildman–Crippen MR) is 102 cm³/mol. The van der Waals surface area contributed by atoms with E-state index in [-0.39, 0.29) is 18.2 Å². The van der Waals surface area contributed by atoms with Crippen molar-refractivity contribution in [2.75, 3.05) is 18.4 Å². The van der Waals surface area contributed by atoms with Crippen molar-refractivity contribution in [3.63, 3.8) is 0 Å². The molecule has 0 heterocycles. The van der Waals surface area contributed by atoms with Crippen LogP contribution in [0.2, 0.25) is 10.0 Å². The van der Waals surface area contributed by atoms with Crippen molar-refractivity contribution in [2.24, 2.45) is 0 Å². The molecule has 0 fully saturated rings. The van der Waals surface area contributed by atoms with Gasteiger partial charge in [-0.2, -0.15) is 0 Å². The second-order valence-corrected chi connectivity index (χ2v) is 6.45. The first-order chi connectivity index (χ1) is 12.0. The van der Waals surface area contributed by atoms with Gasteiger partial charge in [-0.3, -0.25) is 9.59 Å². The maximum Gasteiger partial charge on any atom is 0.226 e. The van der Waals surface area contributed by atoms with E-state index in [9.17, 15) is 9.59 Å². The van der Waals surface area contributed by atoms with Crippen LogP contribution in [-0.4, -0.2) is 29.8 Å². The number of nitrogens with zero attached hydrogens (tertiary/aromatic N) is 1. The van der Waals surface area contributed by atoms with Gasteiger partial charge >= 0.3 is 0 Å². The first-order valence-electron chi connectivity index (χ1n) is 8.00. The minimum absolute atomic E-state index is 0.0560. The SMILES string of the molecule is CC(=O)N(CCC(=O)Nc1c(Cl)cccc1Cl)CCc1ccccc1. The number of rotatable bonds is 7. The molecular formula is C19H20Cl2N2O2.